The van der Waals surface area contributed by atoms with Crippen LogP contribution in [0.15, 0.2) is 24.5 Å². The van der Waals surface area contributed by atoms with Gasteiger partial charge in [0.25, 0.3) is 0 Å². The highest BCUT2D eigenvalue weighted by molar-refractivity contribution is 5.77. The van der Waals surface area contributed by atoms with Crippen molar-refractivity contribution in [2.75, 3.05) is 39.9 Å². The van der Waals surface area contributed by atoms with Crippen LogP contribution in [0, 0.1) is 12.3 Å². The van der Waals surface area contributed by atoms with E-state index >= 15 is 0 Å². The van der Waals surface area contributed by atoms with Gasteiger partial charge in [0.05, 0.1) is 12.3 Å². The van der Waals surface area contributed by atoms with Crippen LogP contribution in [0.1, 0.15) is 36.9 Å². The number of nitrogens with zero attached hydrogens (tertiary/aromatic N) is 4. The molecule has 0 aromatic carbocycles. The Hall–Kier alpha value is -1.92. The molecule has 27 heavy (non-hydrogen) atoms. The number of rotatable bonds is 5. The highest BCUT2D eigenvalue weighted by atomic mass is 16.5. The number of ether oxygens (including phenoxy) is 1. The minimum atomic E-state index is 0.231. The molecule has 1 amide bonds. The van der Waals surface area contributed by atoms with Crippen molar-refractivity contribution in [3.63, 3.8) is 0 Å². The van der Waals surface area contributed by atoms with Crippen molar-refractivity contribution < 1.29 is 9.53 Å². The van der Waals surface area contributed by atoms with Crippen molar-refractivity contribution in [1.29, 1.82) is 0 Å². The zero-order chi connectivity index (χ0) is 18.9. The van der Waals surface area contributed by atoms with Crippen molar-refractivity contribution in [2.45, 2.75) is 39.2 Å². The molecule has 0 radical (unpaired) electrons. The van der Waals surface area contributed by atoms with E-state index in [1.807, 2.05) is 4.90 Å². The van der Waals surface area contributed by atoms with E-state index in [2.05, 4.69) is 40.8 Å². The van der Waals surface area contributed by atoms with E-state index in [9.17, 15) is 4.79 Å². The van der Waals surface area contributed by atoms with E-state index in [1.54, 1.807) is 7.11 Å². The molecule has 2 aliphatic heterocycles. The topological polar surface area (TPSA) is 50.1 Å². The number of pyridine rings is 1. The second-order valence-corrected chi connectivity index (χ2v) is 8.28. The van der Waals surface area contributed by atoms with E-state index in [-0.39, 0.29) is 11.3 Å². The van der Waals surface area contributed by atoms with Gasteiger partial charge in [-0.25, -0.2) is 4.98 Å². The third-order valence-corrected chi connectivity index (χ3v) is 6.17. The van der Waals surface area contributed by atoms with Crippen LogP contribution in [0.3, 0.4) is 0 Å². The van der Waals surface area contributed by atoms with Gasteiger partial charge < -0.3 is 14.0 Å². The molecule has 1 atom stereocenters. The molecule has 2 aliphatic rings. The molecule has 6 heteroatoms. The fraction of sp³-hybridized carbons (Fsp3) is 0.619. The maximum atomic E-state index is 12.3. The van der Waals surface area contributed by atoms with Crippen LogP contribution < -0.4 is 0 Å². The molecule has 4 rings (SSSR count). The zero-order valence-corrected chi connectivity index (χ0v) is 16.5. The molecule has 0 N–H and O–H groups in total. The summed E-state index contributed by atoms with van der Waals surface area (Å²) in [5, 5.41) is 0. The average Bonchev–Trinajstić information content (AvgIpc) is 3.07. The lowest BCUT2D eigenvalue weighted by atomic mass is 9.73. The third kappa shape index (κ3) is 3.87. The number of aromatic nitrogens is 2. The van der Waals surface area contributed by atoms with Gasteiger partial charge in [0.2, 0.25) is 5.91 Å². The zero-order valence-electron chi connectivity index (χ0n) is 16.5. The molecule has 1 unspecified atom stereocenters. The van der Waals surface area contributed by atoms with Crippen LogP contribution >= 0.6 is 0 Å². The molecule has 4 heterocycles. The van der Waals surface area contributed by atoms with E-state index in [0.29, 0.717) is 19.6 Å². The first-order valence-electron chi connectivity index (χ1n) is 10.0. The minimum absolute atomic E-state index is 0.231. The van der Waals surface area contributed by atoms with Crippen molar-refractivity contribution in [1.82, 2.24) is 19.2 Å². The van der Waals surface area contributed by atoms with Gasteiger partial charge in [0, 0.05) is 57.5 Å². The Morgan fingerprint density at radius 3 is 3.00 bits per heavy atom. The van der Waals surface area contributed by atoms with E-state index in [4.69, 9.17) is 9.72 Å². The molecule has 1 spiro atoms. The van der Waals surface area contributed by atoms with Crippen LogP contribution in [0.2, 0.25) is 0 Å². The SMILES string of the molecule is COCCN1CC2(CCCN(Cc3cn4cccc(C)c4n3)C2)CCC1=O. The molecule has 0 aliphatic carbocycles. The summed E-state index contributed by atoms with van der Waals surface area (Å²) < 4.78 is 7.31. The lowest BCUT2D eigenvalue weighted by molar-refractivity contribution is -0.140. The number of imidazole rings is 1. The number of aryl methyl sites for hydroxylation is 1. The lowest BCUT2D eigenvalue weighted by Crippen LogP contribution is -2.54. The summed E-state index contributed by atoms with van der Waals surface area (Å²) in [7, 11) is 1.70. The first kappa shape index (κ1) is 18.4. The molecule has 0 bridgehead atoms. The molecule has 2 fully saturated rings. The second-order valence-electron chi connectivity index (χ2n) is 8.28. The number of hydrogen-bond acceptors (Lipinski definition) is 4. The van der Waals surface area contributed by atoms with Crippen LogP contribution in [0.4, 0.5) is 0 Å². The molecule has 2 aromatic heterocycles. The van der Waals surface area contributed by atoms with Gasteiger partial charge in [-0.2, -0.15) is 0 Å². The summed E-state index contributed by atoms with van der Waals surface area (Å²) in [6, 6.07) is 4.17. The van der Waals surface area contributed by atoms with Crippen LogP contribution in [-0.4, -0.2) is 65.0 Å². The Balaban J connectivity index is 1.45. The Kier molecular flexibility index (Phi) is 5.19. The Labute approximate surface area is 161 Å². The molecule has 146 valence electrons. The summed E-state index contributed by atoms with van der Waals surface area (Å²) in [5.74, 6) is 0.283. The number of hydrogen-bond donors (Lipinski definition) is 0. The second kappa shape index (κ2) is 7.60. The van der Waals surface area contributed by atoms with E-state index < -0.39 is 0 Å². The molecular formula is C21H30N4O2. The van der Waals surface area contributed by atoms with Gasteiger partial charge in [-0.3, -0.25) is 9.69 Å². The van der Waals surface area contributed by atoms with Gasteiger partial charge >= 0.3 is 0 Å². The lowest BCUT2D eigenvalue weighted by Gasteiger charge is -2.48. The smallest absolute Gasteiger partial charge is 0.222 e. The van der Waals surface area contributed by atoms with Gasteiger partial charge in [-0.15, -0.1) is 0 Å². The van der Waals surface area contributed by atoms with Crippen molar-refractivity contribution >= 4 is 11.6 Å². The summed E-state index contributed by atoms with van der Waals surface area (Å²) in [6.07, 6.45) is 8.31. The number of carbonyl (C=O) groups excluding carboxylic acids is 1. The summed E-state index contributed by atoms with van der Waals surface area (Å²) >= 11 is 0. The molecule has 6 nitrogen and oxygen atoms in total. The van der Waals surface area contributed by atoms with Crippen molar-refractivity contribution in [3.8, 4) is 0 Å². The fourth-order valence-corrected chi connectivity index (χ4v) is 4.80. The number of amides is 1. The monoisotopic (exact) mass is 370 g/mol. The first-order chi connectivity index (χ1) is 13.1. The van der Waals surface area contributed by atoms with Crippen LogP contribution in [0.25, 0.3) is 5.65 Å². The third-order valence-electron chi connectivity index (χ3n) is 6.17. The summed E-state index contributed by atoms with van der Waals surface area (Å²) in [5.41, 5.74) is 3.62. The molecule has 2 aromatic rings. The van der Waals surface area contributed by atoms with E-state index in [0.717, 1.165) is 43.9 Å². The van der Waals surface area contributed by atoms with Gasteiger partial charge in [-0.05, 0) is 44.4 Å². The minimum Gasteiger partial charge on any atom is -0.383 e. The average molecular weight is 370 g/mol. The number of carbonyl (C=O) groups is 1. The maximum absolute atomic E-state index is 12.3. The summed E-state index contributed by atoms with van der Waals surface area (Å²) in [4.78, 5) is 21.7. The maximum Gasteiger partial charge on any atom is 0.222 e. The van der Waals surface area contributed by atoms with Gasteiger partial charge in [0.1, 0.15) is 5.65 Å². The Morgan fingerprint density at radius 2 is 2.19 bits per heavy atom. The first-order valence-corrected chi connectivity index (χ1v) is 10.0. The Bertz CT molecular complexity index is 818. The van der Waals surface area contributed by atoms with Gasteiger partial charge in [0.15, 0.2) is 0 Å². The molecule has 0 saturated carbocycles. The number of likely N-dealkylation sites (tertiary alicyclic amines) is 2. The summed E-state index contributed by atoms with van der Waals surface area (Å²) in [6.45, 7) is 7.35. The highest BCUT2D eigenvalue weighted by Gasteiger charge is 2.41. The van der Waals surface area contributed by atoms with Crippen LogP contribution in [0.5, 0.6) is 0 Å². The van der Waals surface area contributed by atoms with Crippen molar-refractivity contribution in [3.05, 3.63) is 35.8 Å². The fourth-order valence-electron chi connectivity index (χ4n) is 4.80. The normalized spacial score (nSPS) is 24.2. The largest absolute Gasteiger partial charge is 0.383 e. The van der Waals surface area contributed by atoms with Gasteiger partial charge in [-0.1, -0.05) is 6.07 Å². The number of piperidine rings is 2. The van der Waals surface area contributed by atoms with Crippen LogP contribution in [-0.2, 0) is 16.1 Å². The predicted molar refractivity (Wildman–Crippen MR) is 105 cm³/mol. The highest BCUT2D eigenvalue weighted by Crippen LogP contribution is 2.39. The number of fused-ring (bicyclic) bond motifs is 1. The predicted octanol–water partition coefficient (Wildman–Crippen LogP) is 2.49. The quantitative estimate of drug-likeness (QED) is 0.811. The van der Waals surface area contributed by atoms with Crippen molar-refractivity contribution in [2.24, 2.45) is 5.41 Å². The molecule has 2 saturated heterocycles. The van der Waals surface area contributed by atoms with E-state index in [1.165, 1.54) is 18.4 Å². The Morgan fingerprint density at radius 1 is 1.30 bits per heavy atom. The number of methoxy groups -OCH3 is 1. The molecular weight excluding hydrogens is 340 g/mol. The standard InChI is InChI=1S/C21H30N4O2/c1-17-5-3-10-24-14-18(22-20(17)24)13-23-9-4-7-21(15-23)8-6-19(26)25(16-21)11-12-27-2/h3,5,10,14H,4,6-9,11-13,15-16H2,1-2H3.